The molecule has 106 valence electrons. The lowest BCUT2D eigenvalue weighted by atomic mass is 10.1. The van der Waals surface area contributed by atoms with Crippen LogP contribution in [0.15, 0.2) is 55.1 Å². The van der Waals surface area contributed by atoms with Crippen LogP contribution in [0, 0.1) is 12.7 Å². The number of rotatable bonds is 4. The second-order valence-corrected chi connectivity index (χ2v) is 4.87. The van der Waals surface area contributed by atoms with Crippen molar-refractivity contribution in [1.82, 2.24) is 14.8 Å². The second-order valence-electron chi connectivity index (χ2n) is 4.87. The molecule has 0 radical (unpaired) electrons. The number of anilines is 1. The number of aryl methyl sites for hydroxylation is 1. The molecular weight excluding hydrogens is 267 g/mol. The molecule has 4 nitrogen and oxygen atoms in total. The van der Waals surface area contributed by atoms with E-state index in [-0.39, 0.29) is 5.82 Å². The molecule has 0 amide bonds. The summed E-state index contributed by atoms with van der Waals surface area (Å²) in [6.45, 7) is 2.40. The molecule has 1 N–H and O–H groups in total. The fourth-order valence-electron chi connectivity index (χ4n) is 2.15. The van der Waals surface area contributed by atoms with Crippen molar-refractivity contribution in [2.45, 2.75) is 13.5 Å². The van der Waals surface area contributed by atoms with Gasteiger partial charge in [-0.05, 0) is 31.2 Å². The fourth-order valence-corrected chi connectivity index (χ4v) is 2.15. The van der Waals surface area contributed by atoms with Crippen LogP contribution in [0.1, 0.15) is 11.1 Å². The summed E-state index contributed by atoms with van der Waals surface area (Å²) in [5, 5.41) is 10.8. The van der Waals surface area contributed by atoms with Crippen LogP contribution in [0.4, 0.5) is 10.1 Å². The van der Waals surface area contributed by atoms with Crippen molar-refractivity contribution in [3.63, 3.8) is 0 Å². The zero-order chi connectivity index (χ0) is 14.7. The first kappa shape index (κ1) is 13.3. The molecule has 1 heterocycles. The van der Waals surface area contributed by atoms with Crippen molar-refractivity contribution < 1.29 is 4.39 Å². The third-order valence-electron chi connectivity index (χ3n) is 3.25. The molecule has 5 heteroatoms. The summed E-state index contributed by atoms with van der Waals surface area (Å²) < 4.78 is 15.5. The van der Waals surface area contributed by atoms with Gasteiger partial charge in [-0.2, -0.15) is 0 Å². The number of halogens is 1. The Morgan fingerprint density at radius 2 is 1.90 bits per heavy atom. The van der Waals surface area contributed by atoms with Crippen molar-refractivity contribution in [1.29, 1.82) is 0 Å². The van der Waals surface area contributed by atoms with Crippen LogP contribution in [0.5, 0.6) is 0 Å². The number of benzene rings is 2. The largest absolute Gasteiger partial charge is 0.381 e. The Morgan fingerprint density at radius 1 is 1.10 bits per heavy atom. The molecule has 0 saturated carbocycles. The van der Waals surface area contributed by atoms with Gasteiger partial charge in [-0.1, -0.05) is 23.8 Å². The summed E-state index contributed by atoms with van der Waals surface area (Å²) in [5.74, 6) is -0.192. The van der Waals surface area contributed by atoms with E-state index in [0.29, 0.717) is 12.1 Å². The molecule has 0 aliphatic rings. The lowest BCUT2D eigenvalue weighted by Crippen LogP contribution is -2.03. The molecule has 0 atom stereocenters. The van der Waals surface area contributed by atoms with E-state index in [9.17, 15) is 4.39 Å². The smallest absolute Gasteiger partial charge is 0.128 e. The lowest BCUT2D eigenvalue weighted by Gasteiger charge is -2.10. The molecule has 0 aliphatic heterocycles. The highest BCUT2D eigenvalue weighted by Gasteiger charge is 2.03. The molecule has 1 aromatic heterocycles. The molecule has 2 aromatic carbocycles. The second kappa shape index (κ2) is 5.75. The first-order chi connectivity index (χ1) is 10.2. The molecule has 0 saturated heterocycles. The van der Waals surface area contributed by atoms with Crippen LogP contribution in [0.25, 0.3) is 5.69 Å². The Morgan fingerprint density at radius 3 is 2.71 bits per heavy atom. The highest BCUT2D eigenvalue weighted by atomic mass is 19.1. The molecular formula is C16H15FN4. The van der Waals surface area contributed by atoms with Crippen molar-refractivity contribution in [2.24, 2.45) is 0 Å². The topological polar surface area (TPSA) is 42.7 Å². The first-order valence-corrected chi connectivity index (χ1v) is 6.66. The maximum absolute atomic E-state index is 13.7. The van der Waals surface area contributed by atoms with E-state index in [1.54, 1.807) is 18.7 Å². The Hall–Kier alpha value is -2.69. The van der Waals surface area contributed by atoms with Crippen molar-refractivity contribution >= 4 is 5.69 Å². The van der Waals surface area contributed by atoms with E-state index in [1.165, 1.54) is 6.07 Å². The quantitative estimate of drug-likeness (QED) is 0.798. The standard InChI is InChI=1S/C16H15FN4/c1-12-5-6-16(17)13(7-12)9-18-14-3-2-4-15(8-14)21-10-19-20-11-21/h2-8,10-11,18H,9H2,1H3. The van der Waals surface area contributed by atoms with E-state index in [4.69, 9.17) is 0 Å². The van der Waals surface area contributed by atoms with E-state index < -0.39 is 0 Å². The number of hydrogen-bond donors (Lipinski definition) is 1. The molecule has 0 fully saturated rings. The van der Waals surface area contributed by atoms with Gasteiger partial charge in [0, 0.05) is 17.8 Å². The van der Waals surface area contributed by atoms with Crippen LogP contribution in [-0.2, 0) is 6.54 Å². The van der Waals surface area contributed by atoms with Gasteiger partial charge < -0.3 is 5.32 Å². The number of nitrogens with zero attached hydrogens (tertiary/aromatic N) is 3. The van der Waals surface area contributed by atoms with E-state index in [1.807, 2.05) is 41.8 Å². The van der Waals surface area contributed by atoms with Gasteiger partial charge in [-0.25, -0.2) is 4.39 Å². The lowest BCUT2D eigenvalue weighted by molar-refractivity contribution is 0.612. The van der Waals surface area contributed by atoms with Crippen LogP contribution in [0.2, 0.25) is 0 Å². The highest BCUT2D eigenvalue weighted by Crippen LogP contribution is 2.16. The monoisotopic (exact) mass is 282 g/mol. The predicted molar refractivity (Wildman–Crippen MR) is 79.8 cm³/mol. The zero-order valence-corrected chi connectivity index (χ0v) is 11.6. The first-order valence-electron chi connectivity index (χ1n) is 6.66. The molecule has 0 unspecified atom stereocenters. The third-order valence-corrected chi connectivity index (χ3v) is 3.25. The number of aromatic nitrogens is 3. The fraction of sp³-hybridized carbons (Fsp3) is 0.125. The maximum Gasteiger partial charge on any atom is 0.128 e. The van der Waals surface area contributed by atoms with Gasteiger partial charge in [0.2, 0.25) is 0 Å². The van der Waals surface area contributed by atoms with Crippen molar-refractivity contribution in [3.8, 4) is 5.69 Å². The normalized spacial score (nSPS) is 10.6. The minimum atomic E-state index is -0.192. The Kier molecular flexibility index (Phi) is 3.64. The van der Waals surface area contributed by atoms with Gasteiger partial charge in [0.15, 0.2) is 0 Å². The minimum absolute atomic E-state index is 0.192. The molecule has 3 aromatic rings. The van der Waals surface area contributed by atoms with E-state index >= 15 is 0 Å². The van der Waals surface area contributed by atoms with Gasteiger partial charge in [-0.3, -0.25) is 4.57 Å². The van der Waals surface area contributed by atoms with Crippen LogP contribution in [0.3, 0.4) is 0 Å². The average Bonchev–Trinajstić information content (AvgIpc) is 3.03. The summed E-state index contributed by atoms with van der Waals surface area (Å²) >= 11 is 0. The molecule has 3 rings (SSSR count). The van der Waals surface area contributed by atoms with E-state index in [0.717, 1.165) is 16.9 Å². The van der Waals surface area contributed by atoms with Gasteiger partial charge >= 0.3 is 0 Å². The minimum Gasteiger partial charge on any atom is -0.381 e. The highest BCUT2D eigenvalue weighted by molar-refractivity contribution is 5.51. The summed E-state index contributed by atoms with van der Waals surface area (Å²) in [6.07, 6.45) is 3.28. The Bertz CT molecular complexity index is 738. The maximum atomic E-state index is 13.7. The number of hydrogen-bond acceptors (Lipinski definition) is 3. The molecule has 0 spiro atoms. The van der Waals surface area contributed by atoms with Crippen LogP contribution < -0.4 is 5.32 Å². The summed E-state index contributed by atoms with van der Waals surface area (Å²) in [7, 11) is 0. The van der Waals surface area contributed by atoms with Gasteiger partial charge in [-0.15, -0.1) is 10.2 Å². The molecule has 0 aliphatic carbocycles. The summed E-state index contributed by atoms with van der Waals surface area (Å²) in [4.78, 5) is 0. The average molecular weight is 282 g/mol. The molecule has 0 bridgehead atoms. The van der Waals surface area contributed by atoms with E-state index in [2.05, 4.69) is 15.5 Å². The third kappa shape index (κ3) is 3.08. The van der Waals surface area contributed by atoms with Crippen LogP contribution in [-0.4, -0.2) is 14.8 Å². The Balaban J connectivity index is 1.76. The SMILES string of the molecule is Cc1ccc(F)c(CNc2cccc(-n3cnnc3)c2)c1. The predicted octanol–water partition coefficient (Wildman–Crippen LogP) is 3.33. The Labute approximate surface area is 122 Å². The van der Waals surface area contributed by atoms with Gasteiger partial charge in [0.25, 0.3) is 0 Å². The molecule has 21 heavy (non-hydrogen) atoms. The van der Waals surface area contributed by atoms with Gasteiger partial charge in [0.1, 0.15) is 18.5 Å². The summed E-state index contributed by atoms with van der Waals surface area (Å²) in [5.41, 5.74) is 3.58. The zero-order valence-electron chi connectivity index (χ0n) is 11.6. The van der Waals surface area contributed by atoms with Crippen molar-refractivity contribution in [2.75, 3.05) is 5.32 Å². The van der Waals surface area contributed by atoms with Crippen molar-refractivity contribution in [3.05, 3.63) is 72.1 Å². The summed E-state index contributed by atoms with van der Waals surface area (Å²) in [6, 6.07) is 12.9. The van der Waals surface area contributed by atoms with Crippen LogP contribution >= 0.6 is 0 Å². The van der Waals surface area contributed by atoms with Gasteiger partial charge in [0.05, 0.1) is 5.69 Å². The number of nitrogens with one attached hydrogen (secondary N) is 1.